The zero-order valence-electron chi connectivity index (χ0n) is 23.0. The second kappa shape index (κ2) is 11.5. The summed E-state index contributed by atoms with van der Waals surface area (Å²) < 4.78 is 14.0. The summed E-state index contributed by atoms with van der Waals surface area (Å²) in [6.07, 6.45) is 5.81. The first kappa shape index (κ1) is 26.7. The molecule has 0 fully saturated rings. The Balaban J connectivity index is 1.32. The van der Waals surface area contributed by atoms with E-state index < -0.39 is 0 Å². The van der Waals surface area contributed by atoms with Crippen molar-refractivity contribution in [2.24, 2.45) is 0 Å². The lowest BCUT2D eigenvalue weighted by Gasteiger charge is -2.09. The van der Waals surface area contributed by atoms with E-state index in [2.05, 4.69) is 27.1 Å². The van der Waals surface area contributed by atoms with Gasteiger partial charge in [-0.3, -0.25) is 9.89 Å². The molecule has 1 amide bonds. The quantitative estimate of drug-likeness (QED) is 0.169. The summed E-state index contributed by atoms with van der Waals surface area (Å²) in [4.78, 5) is 20.9. The lowest BCUT2D eigenvalue weighted by Crippen LogP contribution is -2.23. The van der Waals surface area contributed by atoms with Crippen LogP contribution in [0.5, 0.6) is 0 Å². The topological polar surface area (TPSA) is 86.5 Å². The highest BCUT2D eigenvalue weighted by molar-refractivity contribution is 5.98. The molecule has 2 aromatic heterocycles. The van der Waals surface area contributed by atoms with Crippen LogP contribution in [0.1, 0.15) is 18.1 Å². The van der Waals surface area contributed by atoms with E-state index in [4.69, 9.17) is 4.98 Å². The van der Waals surface area contributed by atoms with Gasteiger partial charge in [0.1, 0.15) is 11.5 Å². The van der Waals surface area contributed by atoms with Gasteiger partial charge in [0.15, 0.2) is 5.82 Å². The molecule has 0 atom stereocenters. The second-order valence-corrected chi connectivity index (χ2v) is 9.89. The third-order valence-corrected chi connectivity index (χ3v) is 7.10. The molecule has 6 aromatic rings. The standard InChI is InChI=1S/C35H28FN5O/c1-3-23(20-27(4-2)37-32(42)18-22-10-6-5-7-11-22)24-16-17-30-29(21-24)34(41-40-30)35-38-31-15-9-14-28(33(31)39-35)25-12-8-13-26(36)19-25/h3-17,19-21H,2,18H2,1H3,(H,37,42)(H,38,39)(H,40,41)/b23-3+,27-20+. The first-order valence-electron chi connectivity index (χ1n) is 13.6. The van der Waals surface area contributed by atoms with E-state index in [0.717, 1.165) is 49.8 Å². The highest BCUT2D eigenvalue weighted by Gasteiger charge is 2.16. The van der Waals surface area contributed by atoms with Gasteiger partial charge in [0.05, 0.1) is 23.0 Å². The monoisotopic (exact) mass is 553 g/mol. The number of hydrogen-bond donors (Lipinski definition) is 3. The van der Waals surface area contributed by atoms with Crippen molar-refractivity contribution in [1.29, 1.82) is 0 Å². The predicted octanol–water partition coefficient (Wildman–Crippen LogP) is 7.74. The van der Waals surface area contributed by atoms with Crippen LogP contribution >= 0.6 is 0 Å². The van der Waals surface area contributed by atoms with Crippen molar-refractivity contribution in [3.05, 3.63) is 138 Å². The number of nitrogens with zero attached hydrogens (tertiary/aromatic N) is 2. The molecule has 0 aliphatic rings. The van der Waals surface area contributed by atoms with Crippen molar-refractivity contribution >= 4 is 33.4 Å². The van der Waals surface area contributed by atoms with Crippen LogP contribution in [-0.2, 0) is 11.2 Å². The van der Waals surface area contributed by atoms with Gasteiger partial charge >= 0.3 is 0 Å². The molecule has 0 radical (unpaired) electrons. The number of aromatic amines is 2. The fraction of sp³-hybridized carbons (Fsp3) is 0.0571. The molecule has 0 spiro atoms. The van der Waals surface area contributed by atoms with E-state index in [1.807, 2.05) is 91.9 Å². The van der Waals surface area contributed by atoms with Gasteiger partial charge < -0.3 is 10.3 Å². The van der Waals surface area contributed by atoms with Crippen molar-refractivity contribution in [3.8, 4) is 22.6 Å². The molecule has 0 aliphatic carbocycles. The van der Waals surface area contributed by atoms with E-state index in [1.165, 1.54) is 12.1 Å². The maximum atomic E-state index is 14.0. The molecular formula is C35H28FN5O. The molecule has 206 valence electrons. The summed E-state index contributed by atoms with van der Waals surface area (Å²) in [6.45, 7) is 5.84. The molecule has 0 saturated carbocycles. The normalized spacial score (nSPS) is 12.1. The number of rotatable bonds is 8. The number of aromatic nitrogens is 4. The van der Waals surface area contributed by atoms with Crippen molar-refractivity contribution in [2.45, 2.75) is 13.3 Å². The zero-order valence-corrected chi connectivity index (χ0v) is 23.0. The Kier molecular flexibility index (Phi) is 7.30. The number of allylic oxidation sites excluding steroid dienone is 4. The first-order chi connectivity index (χ1) is 20.5. The SMILES string of the molecule is C=C/C(=C\C(=C/C)c1ccc2[nH]nc(-c3nc4c(-c5cccc(F)c5)cccc4[nH]3)c2c1)NC(=O)Cc1ccccc1. The van der Waals surface area contributed by atoms with Crippen LogP contribution in [0.3, 0.4) is 0 Å². The fourth-order valence-corrected chi connectivity index (χ4v) is 5.04. The van der Waals surface area contributed by atoms with Crippen molar-refractivity contribution in [2.75, 3.05) is 0 Å². The molecule has 3 N–H and O–H groups in total. The third kappa shape index (κ3) is 5.40. The zero-order chi connectivity index (χ0) is 29.1. The molecule has 0 aliphatic heterocycles. The first-order valence-corrected chi connectivity index (χ1v) is 13.6. The number of H-pyrrole nitrogens is 2. The molecular weight excluding hydrogens is 525 g/mol. The van der Waals surface area contributed by atoms with Gasteiger partial charge in [0.2, 0.25) is 5.91 Å². The van der Waals surface area contributed by atoms with Crippen LogP contribution in [0, 0.1) is 5.82 Å². The van der Waals surface area contributed by atoms with Gasteiger partial charge in [-0.2, -0.15) is 5.10 Å². The lowest BCUT2D eigenvalue weighted by molar-refractivity contribution is -0.119. The fourth-order valence-electron chi connectivity index (χ4n) is 5.04. The summed E-state index contributed by atoms with van der Waals surface area (Å²) >= 11 is 0. The lowest BCUT2D eigenvalue weighted by atomic mass is 10.0. The van der Waals surface area contributed by atoms with Crippen LogP contribution in [0.15, 0.2) is 121 Å². The van der Waals surface area contributed by atoms with Gasteiger partial charge in [-0.15, -0.1) is 0 Å². The molecule has 0 bridgehead atoms. The average molecular weight is 554 g/mol. The Hall–Kier alpha value is -5.56. The summed E-state index contributed by atoms with van der Waals surface area (Å²) in [6, 6.07) is 27.9. The number of nitrogens with one attached hydrogen (secondary N) is 3. The van der Waals surface area contributed by atoms with Gasteiger partial charge in [-0.1, -0.05) is 73.3 Å². The van der Waals surface area contributed by atoms with Gasteiger partial charge in [-0.25, -0.2) is 9.37 Å². The number of carbonyl (C=O) groups is 1. The van der Waals surface area contributed by atoms with Crippen molar-refractivity contribution < 1.29 is 9.18 Å². The Morgan fingerprint density at radius 3 is 2.60 bits per heavy atom. The largest absolute Gasteiger partial charge is 0.337 e. The van der Waals surface area contributed by atoms with E-state index in [1.54, 1.807) is 12.1 Å². The molecule has 42 heavy (non-hydrogen) atoms. The number of benzene rings is 4. The number of amides is 1. The highest BCUT2D eigenvalue weighted by atomic mass is 19.1. The Morgan fingerprint density at radius 2 is 1.81 bits per heavy atom. The van der Waals surface area contributed by atoms with E-state index >= 15 is 0 Å². The van der Waals surface area contributed by atoms with Gasteiger partial charge in [-0.05, 0) is 71.7 Å². The molecule has 0 unspecified atom stereocenters. The molecule has 6 nitrogen and oxygen atoms in total. The average Bonchev–Trinajstić information content (AvgIpc) is 3.63. The summed E-state index contributed by atoms with van der Waals surface area (Å²) in [5, 5.41) is 11.5. The molecule has 7 heteroatoms. The van der Waals surface area contributed by atoms with Crippen LogP contribution in [0.25, 0.3) is 50.2 Å². The number of carbonyl (C=O) groups excluding carboxylic acids is 1. The van der Waals surface area contributed by atoms with Crippen LogP contribution in [0.2, 0.25) is 0 Å². The van der Waals surface area contributed by atoms with Gasteiger partial charge in [0, 0.05) is 16.6 Å². The molecule has 0 saturated heterocycles. The second-order valence-electron chi connectivity index (χ2n) is 9.89. The predicted molar refractivity (Wildman–Crippen MR) is 167 cm³/mol. The number of fused-ring (bicyclic) bond motifs is 2. The molecule has 2 heterocycles. The maximum Gasteiger partial charge on any atom is 0.228 e. The van der Waals surface area contributed by atoms with Crippen LogP contribution in [0.4, 0.5) is 4.39 Å². The summed E-state index contributed by atoms with van der Waals surface area (Å²) in [5.74, 6) is 0.197. The Bertz CT molecular complexity index is 2000. The number of hydrogen-bond acceptors (Lipinski definition) is 3. The summed E-state index contributed by atoms with van der Waals surface area (Å²) in [5.41, 5.74) is 8.11. The Morgan fingerprint density at radius 1 is 0.976 bits per heavy atom. The molecule has 6 rings (SSSR count). The third-order valence-electron chi connectivity index (χ3n) is 7.10. The number of halogens is 1. The van der Waals surface area contributed by atoms with E-state index in [-0.39, 0.29) is 18.1 Å². The van der Waals surface area contributed by atoms with Crippen molar-refractivity contribution in [1.82, 2.24) is 25.5 Å². The van der Waals surface area contributed by atoms with E-state index in [9.17, 15) is 9.18 Å². The highest BCUT2D eigenvalue weighted by Crippen LogP contribution is 2.33. The minimum atomic E-state index is -0.296. The summed E-state index contributed by atoms with van der Waals surface area (Å²) in [7, 11) is 0. The maximum absolute atomic E-state index is 14.0. The van der Waals surface area contributed by atoms with Crippen LogP contribution < -0.4 is 5.32 Å². The number of imidazole rings is 1. The minimum absolute atomic E-state index is 0.113. The number of para-hydroxylation sites is 1. The van der Waals surface area contributed by atoms with Gasteiger partial charge in [0.25, 0.3) is 0 Å². The van der Waals surface area contributed by atoms with E-state index in [0.29, 0.717) is 17.2 Å². The minimum Gasteiger partial charge on any atom is -0.337 e. The van der Waals surface area contributed by atoms with Crippen LogP contribution in [-0.4, -0.2) is 26.1 Å². The molecule has 4 aromatic carbocycles. The Labute approximate surface area is 242 Å². The van der Waals surface area contributed by atoms with Crippen molar-refractivity contribution in [3.63, 3.8) is 0 Å². The smallest absolute Gasteiger partial charge is 0.228 e.